The minimum absolute atomic E-state index is 0.261. The first kappa shape index (κ1) is 18.7. The van der Waals surface area contributed by atoms with E-state index in [9.17, 15) is 18.0 Å². The lowest BCUT2D eigenvalue weighted by Gasteiger charge is -2.08. The highest BCUT2D eigenvalue weighted by molar-refractivity contribution is 5.92. The van der Waals surface area contributed by atoms with Crippen molar-refractivity contribution in [3.05, 3.63) is 77.1 Å². The fourth-order valence-corrected chi connectivity index (χ4v) is 2.60. The van der Waals surface area contributed by atoms with Crippen LogP contribution >= 0.6 is 0 Å². The third-order valence-corrected chi connectivity index (χ3v) is 3.99. The molecular formula is C20H17F3N2O2. The van der Waals surface area contributed by atoms with Crippen LogP contribution in [0.2, 0.25) is 0 Å². The molecule has 1 aliphatic rings. The summed E-state index contributed by atoms with van der Waals surface area (Å²) in [5, 5.41) is 6.67. The van der Waals surface area contributed by atoms with Crippen LogP contribution in [-0.4, -0.2) is 24.3 Å². The van der Waals surface area contributed by atoms with Crippen molar-refractivity contribution >= 4 is 17.7 Å². The average molecular weight is 374 g/mol. The topological polar surface area (TPSA) is 50.7 Å². The molecule has 1 amide bonds. The number of benzene rings is 2. The summed E-state index contributed by atoms with van der Waals surface area (Å²) in [5.41, 5.74) is 2.13. The second-order valence-corrected chi connectivity index (χ2v) is 6.14. The van der Waals surface area contributed by atoms with Gasteiger partial charge in [-0.05, 0) is 41.5 Å². The highest BCUT2D eigenvalue weighted by Crippen LogP contribution is 2.14. The van der Waals surface area contributed by atoms with E-state index in [1.165, 1.54) is 30.4 Å². The van der Waals surface area contributed by atoms with Crippen molar-refractivity contribution in [2.24, 2.45) is 5.16 Å². The van der Waals surface area contributed by atoms with Gasteiger partial charge in [0.1, 0.15) is 11.9 Å². The van der Waals surface area contributed by atoms with Gasteiger partial charge in [-0.25, -0.2) is 13.2 Å². The number of rotatable bonds is 6. The lowest BCUT2D eigenvalue weighted by Crippen LogP contribution is -2.31. The van der Waals surface area contributed by atoms with E-state index in [0.717, 1.165) is 23.4 Å². The lowest BCUT2D eigenvalue weighted by atomic mass is 10.0. The summed E-state index contributed by atoms with van der Waals surface area (Å²) >= 11 is 0. The molecule has 1 heterocycles. The van der Waals surface area contributed by atoms with Gasteiger partial charge in [0.05, 0.1) is 12.3 Å². The summed E-state index contributed by atoms with van der Waals surface area (Å²) in [6.07, 6.45) is 3.47. The van der Waals surface area contributed by atoms with Crippen LogP contribution in [-0.2, 0) is 16.1 Å². The first-order valence-electron chi connectivity index (χ1n) is 8.36. The van der Waals surface area contributed by atoms with Gasteiger partial charge in [0.2, 0.25) is 5.91 Å². The van der Waals surface area contributed by atoms with Gasteiger partial charge in [-0.15, -0.1) is 0 Å². The second-order valence-electron chi connectivity index (χ2n) is 6.14. The van der Waals surface area contributed by atoms with Gasteiger partial charge in [0, 0.05) is 18.9 Å². The fraction of sp³-hybridized carbons (Fsp3) is 0.200. The molecule has 0 spiro atoms. The number of carbonyl (C=O) groups is 1. The van der Waals surface area contributed by atoms with Gasteiger partial charge in [-0.3, -0.25) is 4.79 Å². The molecule has 1 N–H and O–H groups in total. The normalized spacial score (nSPS) is 16.3. The van der Waals surface area contributed by atoms with E-state index in [-0.39, 0.29) is 24.4 Å². The standard InChI is InChI=1S/C20H17F3N2O2/c21-15-5-1-13(2-6-15)9-16-11-17(27-25-16)12-24-20(26)8-4-14-3-7-18(22)19(23)10-14/h1-8,10,17H,9,11-12H2,(H,24,26)/b8-4+/t17-/m0/s1. The molecule has 0 saturated carbocycles. The largest absolute Gasteiger partial charge is 0.390 e. The highest BCUT2D eigenvalue weighted by Gasteiger charge is 2.21. The molecule has 0 aromatic heterocycles. The molecule has 0 aliphatic carbocycles. The van der Waals surface area contributed by atoms with Crippen molar-refractivity contribution < 1.29 is 22.8 Å². The molecule has 1 aliphatic heterocycles. The monoisotopic (exact) mass is 374 g/mol. The van der Waals surface area contributed by atoms with Crippen LogP contribution in [0.1, 0.15) is 17.5 Å². The van der Waals surface area contributed by atoms with E-state index in [0.29, 0.717) is 18.4 Å². The molecular weight excluding hydrogens is 357 g/mol. The van der Waals surface area contributed by atoms with E-state index in [1.807, 2.05) is 0 Å². The zero-order valence-electron chi connectivity index (χ0n) is 14.3. The summed E-state index contributed by atoms with van der Waals surface area (Å²) < 4.78 is 38.9. The molecule has 0 bridgehead atoms. The Bertz CT molecular complexity index is 879. The molecule has 0 radical (unpaired) electrons. The average Bonchev–Trinajstić information content (AvgIpc) is 3.10. The number of hydrogen-bond acceptors (Lipinski definition) is 3. The van der Waals surface area contributed by atoms with Crippen molar-refractivity contribution in [1.82, 2.24) is 5.32 Å². The molecule has 7 heteroatoms. The van der Waals surface area contributed by atoms with Crippen LogP contribution in [0.25, 0.3) is 6.08 Å². The molecule has 0 fully saturated rings. The van der Waals surface area contributed by atoms with Crippen LogP contribution in [0.15, 0.2) is 53.7 Å². The molecule has 2 aromatic rings. The van der Waals surface area contributed by atoms with Crippen molar-refractivity contribution in [1.29, 1.82) is 0 Å². The molecule has 27 heavy (non-hydrogen) atoms. The Morgan fingerprint density at radius 1 is 1.15 bits per heavy atom. The fourth-order valence-electron chi connectivity index (χ4n) is 2.60. The first-order chi connectivity index (χ1) is 13.0. The Morgan fingerprint density at radius 2 is 1.93 bits per heavy atom. The smallest absolute Gasteiger partial charge is 0.244 e. The molecule has 0 unspecified atom stereocenters. The number of carbonyl (C=O) groups excluding carboxylic acids is 1. The Kier molecular flexibility index (Phi) is 5.90. The number of hydrogen-bond donors (Lipinski definition) is 1. The van der Waals surface area contributed by atoms with E-state index in [1.54, 1.807) is 12.1 Å². The van der Waals surface area contributed by atoms with Gasteiger partial charge in [0.25, 0.3) is 0 Å². The van der Waals surface area contributed by atoms with Crippen LogP contribution in [0.3, 0.4) is 0 Å². The van der Waals surface area contributed by atoms with Gasteiger partial charge in [-0.1, -0.05) is 23.4 Å². The molecule has 2 aromatic carbocycles. The second kappa shape index (κ2) is 8.53. The third-order valence-electron chi connectivity index (χ3n) is 3.99. The number of halogens is 3. The van der Waals surface area contributed by atoms with Crippen LogP contribution in [0.4, 0.5) is 13.2 Å². The molecule has 3 rings (SSSR count). The van der Waals surface area contributed by atoms with Crippen molar-refractivity contribution in [2.45, 2.75) is 18.9 Å². The summed E-state index contributed by atoms with van der Waals surface area (Å²) in [4.78, 5) is 17.1. The van der Waals surface area contributed by atoms with Gasteiger partial charge < -0.3 is 10.2 Å². The first-order valence-corrected chi connectivity index (χ1v) is 8.36. The summed E-state index contributed by atoms with van der Waals surface area (Å²) in [5.74, 6) is -2.58. The zero-order valence-corrected chi connectivity index (χ0v) is 14.3. The minimum atomic E-state index is -0.970. The highest BCUT2D eigenvalue weighted by atomic mass is 19.2. The van der Waals surface area contributed by atoms with Gasteiger partial charge >= 0.3 is 0 Å². The maximum absolute atomic E-state index is 13.1. The number of oxime groups is 1. The molecule has 4 nitrogen and oxygen atoms in total. The van der Waals surface area contributed by atoms with E-state index in [4.69, 9.17) is 4.84 Å². The van der Waals surface area contributed by atoms with E-state index >= 15 is 0 Å². The van der Waals surface area contributed by atoms with Crippen LogP contribution < -0.4 is 5.32 Å². The SMILES string of the molecule is O=C(/C=C/c1ccc(F)c(F)c1)NC[C@@H]1CC(Cc2ccc(F)cc2)=NO1. The van der Waals surface area contributed by atoms with Crippen LogP contribution in [0.5, 0.6) is 0 Å². The van der Waals surface area contributed by atoms with E-state index in [2.05, 4.69) is 10.5 Å². The molecule has 140 valence electrons. The number of nitrogens with zero attached hydrogens (tertiary/aromatic N) is 1. The number of nitrogens with one attached hydrogen (secondary N) is 1. The van der Waals surface area contributed by atoms with Crippen molar-refractivity contribution in [3.63, 3.8) is 0 Å². The summed E-state index contributed by atoms with van der Waals surface area (Å²) in [7, 11) is 0. The zero-order chi connectivity index (χ0) is 19.2. The Morgan fingerprint density at radius 3 is 2.67 bits per heavy atom. The van der Waals surface area contributed by atoms with Crippen molar-refractivity contribution in [2.75, 3.05) is 6.54 Å². The quantitative estimate of drug-likeness (QED) is 0.786. The van der Waals surface area contributed by atoms with Crippen LogP contribution in [0, 0.1) is 17.5 Å². The maximum Gasteiger partial charge on any atom is 0.244 e. The lowest BCUT2D eigenvalue weighted by molar-refractivity contribution is -0.117. The maximum atomic E-state index is 13.1. The van der Waals surface area contributed by atoms with Gasteiger partial charge in [0.15, 0.2) is 11.6 Å². The number of amides is 1. The molecule has 0 saturated heterocycles. The Hall–Kier alpha value is -3.09. The predicted octanol–water partition coefficient (Wildman–Crippen LogP) is 3.62. The Labute approximate surface area is 154 Å². The van der Waals surface area contributed by atoms with Crippen molar-refractivity contribution in [3.8, 4) is 0 Å². The summed E-state index contributed by atoms with van der Waals surface area (Å²) in [6, 6.07) is 9.55. The summed E-state index contributed by atoms with van der Waals surface area (Å²) in [6.45, 7) is 0.261. The third kappa shape index (κ3) is 5.44. The van der Waals surface area contributed by atoms with E-state index < -0.39 is 11.6 Å². The Balaban J connectivity index is 1.42. The van der Waals surface area contributed by atoms with Gasteiger partial charge in [-0.2, -0.15) is 0 Å². The minimum Gasteiger partial charge on any atom is -0.390 e. The predicted molar refractivity (Wildman–Crippen MR) is 95.4 cm³/mol. The molecule has 1 atom stereocenters.